The molecule has 2 N–H and O–H groups in total. The third-order valence-corrected chi connectivity index (χ3v) is 3.69. The predicted molar refractivity (Wildman–Crippen MR) is 71.7 cm³/mol. The molecule has 0 aromatic carbocycles. The van der Waals surface area contributed by atoms with E-state index in [0.717, 1.165) is 0 Å². The van der Waals surface area contributed by atoms with E-state index in [4.69, 9.17) is 16.3 Å². The molecule has 1 aliphatic rings. The summed E-state index contributed by atoms with van der Waals surface area (Å²) >= 11 is 5.71. The summed E-state index contributed by atoms with van der Waals surface area (Å²) in [6.07, 6.45) is 2.21. The van der Waals surface area contributed by atoms with E-state index in [1.807, 2.05) is 0 Å². The Balaban J connectivity index is 2.02. The Morgan fingerprint density at radius 2 is 2.15 bits per heavy atom. The zero-order chi connectivity index (χ0) is 14.6. The molecule has 0 unspecified atom stereocenters. The summed E-state index contributed by atoms with van der Waals surface area (Å²) in [4.78, 5) is 27.2. The number of nitrogens with zero attached hydrogens (tertiary/aromatic N) is 1. The predicted octanol–water partition coefficient (Wildman–Crippen LogP) is 1.35. The highest BCUT2D eigenvalue weighted by Crippen LogP contribution is 2.30. The third kappa shape index (κ3) is 3.26. The van der Waals surface area contributed by atoms with Crippen LogP contribution in [0.3, 0.4) is 0 Å². The van der Waals surface area contributed by atoms with Crippen LogP contribution in [0.2, 0.25) is 5.15 Å². The van der Waals surface area contributed by atoms with Gasteiger partial charge in [-0.15, -0.1) is 0 Å². The standard InChI is InChI=1S/C13H15ClN2O4/c14-10-7-9(1-4-15-10)11(17)16-8-13(12(18)19)2-5-20-6-3-13/h1,4,7H,2-3,5-6,8H2,(H,16,17)(H,18,19). The van der Waals surface area contributed by atoms with Gasteiger partial charge in [0.25, 0.3) is 5.91 Å². The minimum atomic E-state index is -0.954. The van der Waals surface area contributed by atoms with Crippen molar-refractivity contribution in [3.8, 4) is 0 Å². The number of ether oxygens (including phenoxy) is 1. The highest BCUT2D eigenvalue weighted by molar-refractivity contribution is 6.29. The number of amides is 1. The number of halogens is 1. The largest absolute Gasteiger partial charge is 0.481 e. The van der Waals surface area contributed by atoms with E-state index in [-0.39, 0.29) is 17.6 Å². The fourth-order valence-electron chi connectivity index (χ4n) is 2.12. The van der Waals surface area contributed by atoms with Gasteiger partial charge in [0.15, 0.2) is 0 Å². The highest BCUT2D eigenvalue weighted by atomic mass is 35.5. The van der Waals surface area contributed by atoms with Crippen LogP contribution in [-0.4, -0.2) is 41.7 Å². The minimum Gasteiger partial charge on any atom is -0.481 e. The zero-order valence-electron chi connectivity index (χ0n) is 10.8. The molecule has 6 nitrogen and oxygen atoms in total. The molecule has 1 aliphatic heterocycles. The van der Waals surface area contributed by atoms with Crippen molar-refractivity contribution in [2.24, 2.45) is 5.41 Å². The second-order valence-electron chi connectivity index (χ2n) is 4.75. The average molecular weight is 299 g/mol. The van der Waals surface area contributed by atoms with E-state index in [0.29, 0.717) is 31.6 Å². The lowest BCUT2D eigenvalue weighted by Crippen LogP contribution is -2.46. The molecule has 0 atom stereocenters. The molecular weight excluding hydrogens is 284 g/mol. The fourth-order valence-corrected chi connectivity index (χ4v) is 2.30. The Morgan fingerprint density at radius 1 is 1.45 bits per heavy atom. The van der Waals surface area contributed by atoms with Crippen molar-refractivity contribution in [1.29, 1.82) is 0 Å². The van der Waals surface area contributed by atoms with Crippen LogP contribution < -0.4 is 5.32 Å². The summed E-state index contributed by atoms with van der Waals surface area (Å²) < 4.78 is 5.18. The lowest BCUT2D eigenvalue weighted by molar-refractivity contribution is -0.154. The summed E-state index contributed by atoms with van der Waals surface area (Å²) in [6.45, 7) is 0.858. The van der Waals surface area contributed by atoms with Crippen LogP contribution in [0.15, 0.2) is 18.3 Å². The van der Waals surface area contributed by atoms with Crippen molar-refractivity contribution in [3.05, 3.63) is 29.0 Å². The molecule has 0 aliphatic carbocycles. The second-order valence-corrected chi connectivity index (χ2v) is 5.14. The summed E-state index contributed by atoms with van der Waals surface area (Å²) in [7, 11) is 0. The Kier molecular flexibility index (Phi) is 4.57. The quantitative estimate of drug-likeness (QED) is 0.819. The SMILES string of the molecule is O=C(NCC1(C(=O)O)CCOCC1)c1ccnc(Cl)c1. The number of hydrogen-bond acceptors (Lipinski definition) is 4. The van der Waals surface area contributed by atoms with Gasteiger partial charge >= 0.3 is 5.97 Å². The van der Waals surface area contributed by atoms with E-state index in [1.54, 1.807) is 0 Å². The first-order chi connectivity index (χ1) is 9.53. The van der Waals surface area contributed by atoms with E-state index < -0.39 is 11.4 Å². The number of carboxylic acids is 1. The number of pyridine rings is 1. The average Bonchev–Trinajstić information content (AvgIpc) is 2.45. The topological polar surface area (TPSA) is 88.5 Å². The van der Waals surface area contributed by atoms with Gasteiger partial charge in [-0.1, -0.05) is 11.6 Å². The second kappa shape index (κ2) is 6.19. The maximum Gasteiger partial charge on any atom is 0.311 e. The number of carbonyl (C=O) groups excluding carboxylic acids is 1. The Morgan fingerprint density at radius 3 is 2.75 bits per heavy atom. The van der Waals surface area contributed by atoms with Crippen molar-refractivity contribution in [2.75, 3.05) is 19.8 Å². The van der Waals surface area contributed by atoms with Crippen molar-refractivity contribution in [2.45, 2.75) is 12.8 Å². The van der Waals surface area contributed by atoms with Gasteiger partial charge in [-0.2, -0.15) is 0 Å². The molecule has 0 bridgehead atoms. The highest BCUT2D eigenvalue weighted by Gasteiger charge is 2.40. The summed E-state index contributed by atoms with van der Waals surface area (Å²) in [5.74, 6) is -1.27. The van der Waals surface area contributed by atoms with Gasteiger partial charge in [0.05, 0.1) is 5.41 Å². The lowest BCUT2D eigenvalue weighted by atomic mass is 9.80. The van der Waals surface area contributed by atoms with Gasteiger partial charge in [0, 0.05) is 31.5 Å². The lowest BCUT2D eigenvalue weighted by Gasteiger charge is -2.33. The number of rotatable bonds is 4. The molecule has 1 aromatic rings. The molecule has 1 fully saturated rings. The molecule has 0 spiro atoms. The van der Waals surface area contributed by atoms with Crippen molar-refractivity contribution < 1.29 is 19.4 Å². The number of aromatic nitrogens is 1. The molecule has 1 saturated heterocycles. The first-order valence-electron chi connectivity index (χ1n) is 6.24. The maximum atomic E-state index is 12.0. The maximum absolute atomic E-state index is 12.0. The molecule has 2 heterocycles. The van der Waals surface area contributed by atoms with Crippen LogP contribution in [0.4, 0.5) is 0 Å². The Bertz CT molecular complexity index is 515. The Hall–Kier alpha value is -1.66. The summed E-state index contributed by atoms with van der Waals surface area (Å²) in [5.41, 5.74) is -0.595. The first-order valence-corrected chi connectivity index (χ1v) is 6.62. The van der Waals surface area contributed by atoms with Crippen LogP contribution in [0.5, 0.6) is 0 Å². The van der Waals surface area contributed by atoms with Crippen LogP contribution >= 0.6 is 11.6 Å². The van der Waals surface area contributed by atoms with E-state index in [9.17, 15) is 14.7 Å². The molecule has 0 radical (unpaired) electrons. The number of hydrogen-bond donors (Lipinski definition) is 2. The van der Waals surface area contributed by atoms with Gasteiger partial charge in [-0.25, -0.2) is 4.98 Å². The van der Waals surface area contributed by atoms with Gasteiger partial charge in [-0.05, 0) is 25.0 Å². The van der Waals surface area contributed by atoms with Crippen LogP contribution in [0, 0.1) is 5.41 Å². The Labute approximate surface area is 121 Å². The number of aliphatic carboxylic acids is 1. The van der Waals surface area contributed by atoms with Crippen molar-refractivity contribution >= 4 is 23.5 Å². The smallest absolute Gasteiger partial charge is 0.311 e. The van der Waals surface area contributed by atoms with E-state index in [2.05, 4.69) is 10.3 Å². The first kappa shape index (κ1) is 14.7. The fraction of sp³-hybridized carbons (Fsp3) is 0.462. The third-order valence-electron chi connectivity index (χ3n) is 3.48. The van der Waals surface area contributed by atoms with Gasteiger partial charge < -0.3 is 15.2 Å². The summed E-state index contributed by atoms with van der Waals surface area (Å²) in [5, 5.41) is 12.3. The van der Waals surface area contributed by atoms with E-state index in [1.165, 1.54) is 18.3 Å². The van der Waals surface area contributed by atoms with Crippen LogP contribution in [-0.2, 0) is 9.53 Å². The molecule has 2 rings (SSSR count). The normalized spacial score (nSPS) is 17.4. The van der Waals surface area contributed by atoms with E-state index >= 15 is 0 Å². The van der Waals surface area contributed by atoms with Gasteiger partial charge in [0.1, 0.15) is 5.15 Å². The molecule has 1 aromatic heterocycles. The van der Waals surface area contributed by atoms with Crippen LogP contribution in [0.25, 0.3) is 0 Å². The number of carbonyl (C=O) groups is 2. The number of carboxylic acid groups (broad SMARTS) is 1. The number of nitrogens with one attached hydrogen (secondary N) is 1. The molecule has 108 valence electrons. The molecular formula is C13H15ClN2O4. The monoisotopic (exact) mass is 298 g/mol. The summed E-state index contributed by atoms with van der Waals surface area (Å²) in [6, 6.07) is 2.97. The molecule has 7 heteroatoms. The van der Waals surface area contributed by atoms with Gasteiger partial charge in [-0.3, -0.25) is 9.59 Å². The van der Waals surface area contributed by atoms with Crippen molar-refractivity contribution in [1.82, 2.24) is 10.3 Å². The molecule has 0 saturated carbocycles. The minimum absolute atomic E-state index is 0.0739. The zero-order valence-corrected chi connectivity index (χ0v) is 11.5. The van der Waals surface area contributed by atoms with Gasteiger partial charge in [0.2, 0.25) is 0 Å². The van der Waals surface area contributed by atoms with Crippen LogP contribution in [0.1, 0.15) is 23.2 Å². The molecule has 1 amide bonds. The molecule has 20 heavy (non-hydrogen) atoms. The van der Waals surface area contributed by atoms with Crippen molar-refractivity contribution in [3.63, 3.8) is 0 Å².